The van der Waals surface area contributed by atoms with E-state index >= 15 is 0 Å². The van der Waals surface area contributed by atoms with E-state index in [0.717, 1.165) is 0 Å². The zero-order valence-corrected chi connectivity index (χ0v) is 14.2. The van der Waals surface area contributed by atoms with E-state index in [2.05, 4.69) is 5.32 Å². The Morgan fingerprint density at radius 2 is 2.00 bits per heavy atom. The van der Waals surface area contributed by atoms with E-state index in [1.165, 1.54) is 18.2 Å². The van der Waals surface area contributed by atoms with Gasteiger partial charge >= 0.3 is 0 Å². The van der Waals surface area contributed by atoms with Crippen LogP contribution in [0.1, 0.15) is 36.0 Å². The molecule has 0 radical (unpaired) electrons. The average molecular weight is 361 g/mol. The summed E-state index contributed by atoms with van der Waals surface area (Å²) in [7, 11) is 0. The van der Waals surface area contributed by atoms with Crippen molar-refractivity contribution in [2.24, 2.45) is 0 Å². The molecule has 2 rings (SSSR count). The van der Waals surface area contributed by atoms with E-state index in [1.807, 2.05) is 0 Å². The van der Waals surface area contributed by atoms with Gasteiger partial charge in [-0.25, -0.2) is 4.39 Å². The van der Waals surface area contributed by atoms with E-state index in [9.17, 15) is 14.0 Å². The number of rotatable bonds is 5. The van der Waals surface area contributed by atoms with Crippen molar-refractivity contribution in [3.05, 3.63) is 34.6 Å². The lowest BCUT2D eigenvalue weighted by Crippen LogP contribution is -2.46. The number of amides is 2. The van der Waals surface area contributed by atoms with Crippen LogP contribution in [0.4, 0.5) is 4.39 Å². The van der Waals surface area contributed by atoms with Crippen LogP contribution in [-0.4, -0.2) is 41.7 Å². The van der Waals surface area contributed by atoms with Crippen LogP contribution in [0.25, 0.3) is 0 Å². The third-order valence-corrected chi connectivity index (χ3v) is 4.48. The van der Waals surface area contributed by atoms with E-state index in [1.54, 1.807) is 4.90 Å². The summed E-state index contributed by atoms with van der Waals surface area (Å²) in [6.45, 7) is 1.16. The molecule has 126 valence electrons. The number of hydrogen-bond acceptors (Lipinski definition) is 2. The fourth-order valence-electron chi connectivity index (χ4n) is 2.62. The largest absolute Gasteiger partial charge is 0.349 e. The van der Waals surface area contributed by atoms with Crippen LogP contribution in [0.15, 0.2) is 18.2 Å². The number of nitrogens with one attached hydrogen (secondary N) is 1. The van der Waals surface area contributed by atoms with Gasteiger partial charge in [-0.3, -0.25) is 9.59 Å². The Morgan fingerprint density at radius 3 is 2.61 bits per heavy atom. The van der Waals surface area contributed by atoms with Gasteiger partial charge in [0.1, 0.15) is 5.82 Å². The average Bonchev–Trinajstić information content (AvgIpc) is 2.53. The second-order valence-corrected chi connectivity index (χ2v) is 6.30. The highest BCUT2D eigenvalue weighted by Gasteiger charge is 2.25. The van der Waals surface area contributed by atoms with Crippen molar-refractivity contribution in [1.82, 2.24) is 10.2 Å². The number of halogens is 3. The Morgan fingerprint density at radius 1 is 1.30 bits per heavy atom. The minimum absolute atomic E-state index is 0.0877. The second-order valence-electron chi connectivity index (χ2n) is 5.52. The fraction of sp³-hybridized carbons (Fsp3) is 0.500. The standard InChI is InChI=1S/C16H19Cl2FN2O2/c17-8-2-5-14(22)21-9-6-11(7-10-21)20-16(23)15-12(18)3-1-4-13(15)19/h1,3-4,11H,2,5-10H2,(H,20,23). The Labute approximate surface area is 144 Å². The summed E-state index contributed by atoms with van der Waals surface area (Å²) in [5.41, 5.74) is -0.130. The highest BCUT2D eigenvalue weighted by Crippen LogP contribution is 2.20. The highest BCUT2D eigenvalue weighted by atomic mass is 35.5. The summed E-state index contributed by atoms with van der Waals surface area (Å²) >= 11 is 11.5. The normalized spacial score (nSPS) is 15.5. The van der Waals surface area contributed by atoms with Crippen molar-refractivity contribution in [1.29, 1.82) is 0 Å². The zero-order chi connectivity index (χ0) is 16.8. The zero-order valence-electron chi connectivity index (χ0n) is 12.7. The molecule has 1 heterocycles. The highest BCUT2D eigenvalue weighted by molar-refractivity contribution is 6.33. The van der Waals surface area contributed by atoms with Gasteiger partial charge in [0.2, 0.25) is 5.91 Å². The van der Waals surface area contributed by atoms with Gasteiger partial charge in [-0.15, -0.1) is 11.6 Å². The summed E-state index contributed by atoms with van der Waals surface area (Å²) in [5, 5.41) is 2.89. The molecule has 0 spiro atoms. The number of benzene rings is 1. The van der Waals surface area contributed by atoms with Crippen molar-refractivity contribution in [3.63, 3.8) is 0 Å². The summed E-state index contributed by atoms with van der Waals surface area (Å²) in [6, 6.07) is 4.06. The molecule has 2 amide bonds. The van der Waals surface area contributed by atoms with Gasteiger partial charge in [-0.1, -0.05) is 17.7 Å². The van der Waals surface area contributed by atoms with E-state index in [-0.39, 0.29) is 22.5 Å². The molecule has 1 aliphatic heterocycles. The van der Waals surface area contributed by atoms with Crippen LogP contribution in [-0.2, 0) is 4.79 Å². The maximum Gasteiger partial charge on any atom is 0.255 e. The van der Waals surface area contributed by atoms with E-state index in [4.69, 9.17) is 23.2 Å². The monoisotopic (exact) mass is 360 g/mol. The van der Waals surface area contributed by atoms with Crippen molar-refractivity contribution >= 4 is 35.0 Å². The number of hydrogen-bond donors (Lipinski definition) is 1. The molecule has 1 aliphatic rings. The first-order valence-electron chi connectivity index (χ1n) is 7.61. The maximum atomic E-state index is 13.7. The molecule has 0 aromatic heterocycles. The second kappa shape index (κ2) is 8.50. The third kappa shape index (κ3) is 4.82. The van der Waals surface area contributed by atoms with Gasteiger partial charge in [0, 0.05) is 31.4 Å². The molecular formula is C16H19Cl2FN2O2. The smallest absolute Gasteiger partial charge is 0.255 e. The Hall–Kier alpha value is -1.33. The molecule has 1 N–H and O–H groups in total. The van der Waals surface area contributed by atoms with E-state index < -0.39 is 11.7 Å². The number of piperidine rings is 1. The molecule has 0 bridgehead atoms. The van der Waals surface area contributed by atoms with Crippen molar-refractivity contribution in [2.45, 2.75) is 31.7 Å². The predicted molar refractivity (Wildman–Crippen MR) is 88.4 cm³/mol. The fourth-order valence-corrected chi connectivity index (χ4v) is 3.00. The molecule has 23 heavy (non-hydrogen) atoms. The SMILES string of the molecule is O=C(NC1CCN(C(=O)CCCCl)CC1)c1c(F)cccc1Cl. The van der Waals surface area contributed by atoms with Gasteiger partial charge in [0.25, 0.3) is 5.91 Å². The van der Waals surface area contributed by atoms with Gasteiger partial charge in [0.05, 0.1) is 10.6 Å². The lowest BCUT2D eigenvalue weighted by atomic mass is 10.0. The maximum absolute atomic E-state index is 13.7. The molecule has 0 unspecified atom stereocenters. The van der Waals surface area contributed by atoms with Gasteiger partial charge in [0.15, 0.2) is 0 Å². The molecule has 4 nitrogen and oxygen atoms in total. The van der Waals surface area contributed by atoms with Crippen molar-refractivity contribution < 1.29 is 14.0 Å². The first kappa shape index (κ1) is 18.0. The number of likely N-dealkylation sites (tertiary alicyclic amines) is 1. The summed E-state index contributed by atoms with van der Waals surface area (Å²) in [5.74, 6) is -0.585. The Kier molecular flexibility index (Phi) is 6.66. The minimum Gasteiger partial charge on any atom is -0.349 e. The molecular weight excluding hydrogens is 342 g/mol. The number of carbonyl (C=O) groups is 2. The first-order chi connectivity index (χ1) is 11.0. The molecule has 1 saturated heterocycles. The van der Waals surface area contributed by atoms with Gasteiger partial charge in [-0.2, -0.15) is 0 Å². The van der Waals surface area contributed by atoms with Gasteiger partial charge in [-0.05, 0) is 31.4 Å². The molecule has 1 fully saturated rings. The summed E-state index contributed by atoms with van der Waals surface area (Å²) < 4.78 is 13.7. The number of carbonyl (C=O) groups excluding carboxylic acids is 2. The van der Waals surface area contributed by atoms with Crippen LogP contribution < -0.4 is 5.32 Å². The van der Waals surface area contributed by atoms with E-state index in [0.29, 0.717) is 44.7 Å². The van der Waals surface area contributed by atoms with Crippen molar-refractivity contribution in [3.8, 4) is 0 Å². The molecule has 0 aliphatic carbocycles. The van der Waals surface area contributed by atoms with Gasteiger partial charge < -0.3 is 10.2 Å². The van der Waals surface area contributed by atoms with Crippen molar-refractivity contribution in [2.75, 3.05) is 19.0 Å². The third-order valence-electron chi connectivity index (χ3n) is 3.90. The quantitative estimate of drug-likeness (QED) is 0.819. The molecule has 1 aromatic carbocycles. The lowest BCUT2D eigenvalue weighted by molar-refractivity contribution is -0.132. The Bertz CT molecular complexity index is 555. The predicted octanol–water partition coefficient (Wildman–Crippen LogP) is 3.22. The number of alkyl halides is 1. The Balaban J connectivity index is 1.87. The van der Waals surface area contributed by atoms with Crippen LogP contribution in [0.3, 0.4) is 0 Å². The lowest BCUT2D eigenvalue weighted by Gasteiger charge is -2.32. The molecule has 7 heteroatoms. The molecule has 0 atom stereocenters. The molecule has 0 saturated carbocycles. The topological polar surface area (TPSA) is 49.4 Å². The minimum atomic E-state index is -0.635. The van der Waals surface area contributed by atoms with Crippen LogP contribution in [0.2, 0.25) is 5.02 Å². The van der Waals surface area contributed by atoms with Crippen LogP contribution in [0.5, 0.6) is 0 Å². The summed E-state index contributed by atoms with van der Waals surface area (Å²) in [6.07, 6.45) is 2.41. The van der Waals surface area contributed by atoms with Crippen LogP contribution >= 0.6 is 23.2 Å². The summed E-state index contributed by atoms with van der Waals surface area (Å²) in [4.78, 5) is 25.9. The van der Waals surface area contributed by atoms with Crippen LogP contribution in [0, 0.1) is 5.82 Å². The number of nitrogens with zero attached hydrogens (tertiary/aromatic N) is 1. The first-order valence-corrected chi connectivity index (χ1v) is 8.52. The molecule has 1 aromatic rings.